The van der Waals surface area contributed by atoms with Crippen molar-refractivity contribution in [2.75, 3.05) is 10.2 Å². The normalized spacial score (nSPS) is 12.7. The lowest BCUT2D eigenvalue weighted by Crippen LogP contribution is -2.26. The second kappa shape index (κ2) is 6.16. The monoisotopic (exact) mass is 365 g/mol. The zero-order chi connectivity index (χ0) is 18.3. The summed E-state index contributed by atoms with van der Waals surface area (Å²) < 4.78 is 0. The Balaban J connectivity index is 2.03. The van der Waals surface area contributed by atoms with Crippen molar-refractivity contribution in [1.29, 1.82) is 0 Å². The first kappa shape index (κ1) is 16.1. The molecule has 0 spiro atoms. The molecule has 3 aromatic carbocycles. The van der Waals surface area contributed by atoms with Gasteiger partial charge in [0, 0.05) is 11.1 Å². The fourth-order valence-electron chi connectivity index (χ4n) is 3.00. The van der Waals surface area contributed by atoms with Gasteiger partial charge in [-0.3, -0.25) is 19.8 Å². The van der Waals surface area contributed by atoms with Crippen molar-refractivity contribution in [2.24, 2.45) is 0 Å². The summed E-state index contributed by atoms with van der Waals surface area (Å²) in [6.07, 6.45) is 0. The third-order valence-electron chi connectivity index (χ3n) is 4.15. The molecule has 0 saturated heterocycles. The molecule has 128 valence electrons. The lowest BCUT2D eigenvalue weighted by Gasteiger charge is -2.22. The largest absolute Gasteiger partial charge is 0.353 e. The summed E-state index contributed by atoms with van der Waals surface area (Å²) in [5.74, 6) is -0.372. The standard InChI is InChI=1S/C19H12ClN3O3/c20-12-9-10-15-18(11-12)22(16-7-3-4-8-17(16)23(25)26)19(24)13-5-1-2-6-14(13)21-15/h1-11,21H. The van der Waals surface area contributed by atoms with Gasteiger partial charge in [0.1, 0.15) is 5.69 Å². The second-order valence-electron chi connectivity index (χ2n) is 5.72. The van der Waals surface area contributed by atoms with Crippen LogP contribution in [0.4, 0.5) is 28.4 Å². The van der Waals surface area contributed by atoms with Crippen LogP contribution in [0.1, 0.15) is 10.4 Å². The summed E-state index contributed by atoms with van der Waals surface area (Å²) in [5, 5.41) is 15.1. The number of carbonyl (C=O) groups excluding carboxylic acids is 1. The van der Waals surface area contributed by atoms with Gasteiger partial charge in [0.05, 0.1) is 27.5 Å². The topological polar surface area (TPSA) is 75.5 Å². The minimum Gasteiger partial charge on any atom is -0.353 e. The van der Waals surface area contributed by atoms with Crippen molar-refractivity contribution < 1.29 is 9.72 Å². The van der Waals surface area contributed by atoms with Gasteiger partial charge in [-0.2, -0.15) is 0 Å². The molecule has 0 atom stereocenters. The average molecular weight is 366 g/mol. The Morgan fingerprint density at radius 2 is 1.65 bits per heavy atom. The molecule has 1 N–H and O–H groups in total. The first-order chi connectivity index (χ1) is 12.6. The Morgan fingerprint density at radius 3 is 2.46 bits per heavy atom. The molecule has 0 fully saturated rings. The van der Waals surface area contributed by atoms with E-state index in [1.165, 1.54) is 11.0 Å². The Morgan fingerprint density at radius 1 is 0.923 bits per heavy atom. The van der Waals surface area contributed by atoms with E-state index in [-0.39, 0.29) is 17.3 Å². The van der Waals surface area contributed by atoms with E-state index in [4.69, 9.17) is 11.6 Å². The zero-order valence-electron chi connectivity index (χ0n) is 13.3. The molecule has 1 aliphatic rings. The van der Waals surface area contributed by atoms with Crippen molar-refractivity contribution in [2.45, 2.75) is 0 Å². The molecule has 0 saturated carbocycles. The van der Waals surface area contributed by atoms with Gasteiger partial charge in [-0.1, -0.05) is 35.9 Å². The molecular weight excluding hydrogens is 354 g/mol. The van der Waals surface area contributed by atoms with Gasteiger partial charge >= 0.3 is 0 Å². The smallest absolute Gasteiger partial charge is 0.293 e. The number of carbonyl (C=O) groups is 1. The van der Waals surface area contributed by atoms with Crippen molar-refractivity contribution in [3.8, 4) is 0 Å². The Bertz CT molecular complexity index is 1050. The molecule has 7 heteroatoms. The van der Waals surface area contributed by atoms with Gasteiger partial charge in [-0.25, -0.2) is 0 Å². The summed E-state index contributed by atoms with van der Waals surface area (Å²) >= 11 is 6.14. The van der Waals surface area contributed by atoms with Crippen LogP contribution in [0.15, 0.2) is 66.7 Å². The summed E-state index contributed by atoms with van der Waals surface area (Å²) in [6, 6.07) is 18.2. The number of anilines is 4. The van der Waals surface area contributed by atoms with Gasteiger partial charge < -0.3 is 5.32 Å². The van der Waals surface area contributed by atoms with Crippen LogP contribution < -0.4 is 10.2 Å². The van der Waals surface area contributed by atoms with E-state index in [1.807, 2.05) is 6.07 Å². The van der Waals surface area contributed by atoms with E-state index in [0.717, 1.165) is 0 Å². The minimum absolute atomic E-state index is 0.161. The summed E-state index contributed by atoms with van der Waals surface area (Å²) in [4.78, 5) is 25.6. The molecule has 0 aliphatic carbocycles. The predicted octanol–water partition coefficient (Wildman–Crippen LogP) is 5.28. The maximum Gasteiger partial charge on any atom is 0.293 e. The Hall–Kier alpha value is -3.38. The third kappa shape index (κ3) is 2.57. The Labute approximate surface area is 153 Å². The fourth-order valence-corrected chi connectivity index (χ4v) is 3.16. The highest BCUT2D eigenvalue weighted by atomic mass is 35.5. The molecule has 3 aromatic rings. The molecule has 4 rings (SSSR count). The van der Waals surface area contributed by atoms with Crippen LogP contribution in [-0.2, 0) is 0 Å². The van der Waals surface area contributed by atoms with E-state index < -0.39 is 4.92 Å². The van der Waals surface area contributed by atoms with Crippen molar-refractivity contribution in [3.05, 3.63) is 87.4 Å². The van der Waals surface area contributed by atoms with Crippen LogP contribution >= 0.6 is 11.6 Å². The predicted molar refractivity (Wildman–Crippen MR) is 101 cm³/mol. The number of amides is 1. The van der Waals surface area contributed by atoms with E-state index >= 15 is 0 Å². The molecule has 26 heavy (non-hydrogen) atoms. The molecule has 0 bridgehead atoms. The number of benzene rings is 3. The molecule has 1 aliphatic heterocycles. The van der Waals surface area contributed by atoms with E-state index in [0.29, 0.717) is 27.6 Å². The number of fused-ring (bicyclic) bond motifs is 2. The number of nitrogens with one attached hydrogen (secondary N) is 1. The molecule has 0 radical (unpaired) electrons. The van der Waals surface area contributed by atoms with Crippen molar-refractivity contribution in [3.63, 3.8) is 0 Å². The van der Waals surface area contributed by atoms with Crippen LogP contribution in [0, 0.1) is 10.1 Å². The van der Waals surface area contributed by atoms with Gasteiger partial charge in [0.2, 0.25) is 0 Å². The number of para-hydroxylation sites is 3. The molecular formula is C19H12ClN3O3. The lowest BCUT2D eigenvalue weighted by atomic mass is 10.1. The molecule has 1 heterocycles. The van der Waals surface area contributed by atoms with Crippen LogP contribution in [-0.4, -0.2) is 10.8 Å². The van der Waals surface area contributed by atoms with E-state index in [1.54, 1.807) is 54.6 Å². The van der Waals surface area contributed by atoms with Crippen LogP contribution in [0.25, 0.3) is 0 Å². The van der Waals surface area contributed by atoms with Crippen LogP contribution in [0.2, 0.25) is 5.02 Å². The summed E-state index contributed by atoms with van der Waals surface area (Å²) in [5.41, 5.74) is 2.15. The van der Waals surface area contributed by atoms with Crippen molar-refractivity contribution >= 4 is 45.9 Å². The third-order valence-corrected chi connectivity index (χ3v) is 4.39. The fraction of sp³-hybridized carbons (Fsp3) is 0. The average Bonchev–Trinajstić information content (AvgIpc) is 2.76. The van der Waals surface area contributed by atoms with Gasteiger partial charge in [0.15, 0.2) is 0 Å². The van der Waals surface area contributed by atoms with E-state index in [2.05, 4.69) is 5.32 Å². The highest BCUT2D eigenvalue weighted by Crippen LogP contribution is 2.43. The second-order valence-corrected chi connectivity index (χ2v) is 6.15. The molecule has 1 amide bonds. The molecule has 0 unspecified atom stereocenters. The highest BCUT2D eigenvalue weighted by molar-refractivity contribution is 6.31. The number of halogens is 1. The number of nitro benzene ring substituents is 1. The summed E-state index contributed by atoms with van der Waals surface area (Å²) in [7, 11) is 0. The first-order valence-corrected chi connectivity index (χ1v) is 8.17. The van der Waals surface area contributed by atoms with Crippen LogP contribution in [0.3, 0.4) is 0 Å². The van der Waals surface area contributed by atoms with Crippen molar-refractivity contribution in [1.82, 2.24) is 0 Å². The SMILES string of the molecule is O=C1c2ccccc2Nc2ccc(Cl)cc2N1c1ccccc1[N+](=O)[O-]. The number of hydrogen-bond acceptors (Lipinski definition) is 4. The molecule has 0 aromatic heterocycles. The van der Waals surface area contributed by atoms with Crippen LogP contribution in [0.5, 0.6) is 0 Å². The zero-order valence-corrected chi connectivity index (χ0v) is 14.1. The van der Waals surface area contributed by atoms with E-state index in [9.17, 15) is 14.9 Å². The minimum atomic E-state index is -0.503. The maximum atomic E-state index is 13.3. The number of nitrogens with zero attached hydrogens (tertiary/aromatic N) is 2. The highest BCUT2D eigenvalue weighted by Gasteiger charge is 2.32. The number of hydrogen-bond donors (Lipinski definition) is 1. The van der Waals surface area contributed by atoms with Gasteiger partial charge in [-0.05, 0) is 36.4 Å². The summed E-state index contributed by atoms with van der Waals surface area (Å²) in [6.45, 7) is 0. The number of nitro groups is 1. The Kier molecular flexibility index (Phi) is 3.82. The van der Waals surface area contributed by atoms with Gasteiger partial charge in [-0.15, -0.1) is 0 Å². The first-order valence-electron chi connectivity index (χ1n) is 7.80. The van der Waals surface area contributed by atoms with Gasteiger partial charge in [0.25, 0.3) is 11.6 Å². The quantitative estimate of drug-likeness (QED) is 0.495. The molecule has 6 nitrogen and oxygen atoms in total. The lowest BCUT2D eigenvalue weighted by molar-refractivity contribution is -0.384. The number of rotatable bonds is 2. The maximum absolute atomic E-state index is 13.3.